The predicted octanol–water partition coefficient (Wildman–Crippen LogP) is 2.16. The molecule has 0 unspecified atom stereocenters. The minimum atomic E-state index is -0.123. The number of ether oxygens (including phenoxy) is 2. The molecule has 0 aliphatic carbocycles. The highest BCUT2D eigenvalue weighted by molar-refractivity contribution is 5.34. The Hall–Kier alpha value is -1.20. The summed E-state index contributed by atoms with van der Waals surface area (Å²) in [5.41, 5.74) is 0.807. The maximum atomic E-state index is 5.56. The first-order valence-electron chi connectivity index (χ1n) is 6.15. The van der Waals surface area contributed by atoms with Gasteiger partial charge in [0.2, 0.25) is 0 Å². The van der Waals surface area contributed by atoms with Crippen molar-refractivity contribution in [2.45, 2.75) is 39.9 Å². The lowest BCUT2D eigenvalue weighted by Crippen LogP contribution is -2.21. The van der Waals surface area contributed by atoms with Crippen LogP contribution in [0.15, 0.2) is 6.07 Å². The summed E-state index contributed by atoms with van der Waals surface area (Å²) in [4.78, 5) is 8.62. The third-order valence-electron chi connectivity index (χ3n) is 2.15. The van der Waals surface area contributed by atoms with Crippen LogP contribution >= 0.6 is 0 Å². The molecule has 0 atom stereocenters. The lowest BCUT2D eigenvalue weighted by atomic mass is 10.2. The summed E-state index contributed by atoms with van der Waals surface area (Å²) in [6, 6.07) is 1.90. The van der Waals surface area contributed by atoms with Gasteiger partial charge in [-0.15, -0.1) is 0 Å². The Bertz CT molecular complexity index is 375. The largest absolute Gasteiger partial charge is 0.373 e. The van der Waals surface area contributed by atoms with Crippen LogP contribution in [0.1, 0.15) is 32.3 Å². The molecule has 1 N–H and O–H groups in total. The van der Waals surface area contributed by atoms with Crippen LogP contribution in [-0.4, -0.2) is 35.8 Å². The smallest absolute Gasteiger partial charge is 0.156 e. The fourth-order valence-corrected chi connectivity index (χ4v) is 1.39. The number of rotatable bonds is 6. The number of nitrogens with zero attached hydrogens (tertiary/aromatic N) is 2. The molecule has 0 aliphatic rings. The van der Waals surface area contributed by atoms with Gasteiger partial charge in [0.25, 0.3) is 0 Å². The lowest BCUT2D eigenvalue weighted by molar-refractivity contribution is -0.0384. The van der Waals surface area contributed by atoms with E-state index in [1.807, 2.05) is 40.8 Å². The van der Waals surface area contributed by atoms with Gasteiger partial charge in [-0.2, -0.15) is 0 Å². The van der Waals surface area contributed by atoms with E-state index in [4.69, 9.17) is 9.47 Å². The Balaban J connectivity index is 2.33. The van der Waals surface area contributed by atoms with Gasteiger partial charge in [0, 0.05) is 18.8 Å². The van der Waals surface area contributed by atoms with Crippen LogP contribution in [0.2, 0.25) is 0 Å². The van der Waals surface area contributed by atoms with E-state index in [0.29, 0.717) is 25.6 Å². The topological polar surface area (TPSA) is 56.3 Å². The molecule has 0 bridgehead atoms. The first-order valence-corrected chi connectivity index (χ1v) is 6.15. The van der Waals surface area contributed by atoms with Gasteiger partial charge in [-0.1, -0.05) is 0 Å². The van der Waals surface area contributed by atoms with Crippen molar-refractivity contribution >= 4 is 5.82 Å². The summed E-state index contributed by atoms with van der Waals surface area (Å²) >= 11 is 0. The zero-order chi connectivity index (χ0) is 13.6. The minimum Gasteiger partial charge on any atom is -0.373 e. The van der Waals surface area contributed by atoms with Gasteiger partial charge in [-0.3, -0.25) is 0 Å². The Labute approximate surface area is 109 Å². The van der Waals surface area contributed by atoms with Crippen LogP contribution in [0.5, 0.6) is 0 Å². The molecule has 0 aromatic carbocycles. The highest BCUT2D eigenvalue weighted by Crippen LogP contribution is 2.07. The fraction of sp³-hybridized carbons (Fsp3) is 0.692. The summed E-state index contributed by atoms with van der Waals surface area (Å²) in [6.45, 7) is 9.54. The summed E-state index contributed by atoms with van der Waals surface area (Å²) in [5.74, 6) is 1.50. The molecule has 0 saturated carbocycles. The van der Waals surface area contributed by atoms with Crippen molar-refractivity contribution in [1.82, 2.24) is 9.97 Å². The number of aryl methyl sites for hydroxylation is 1. The SMILES string of the molecule is CNc1cc(C)nc(COCCOC(C)(C)C)n1. The van der Waals surface area contributed by atoms with Gasteiger partial charge in [0.15, 0.2) is 5.82 Å². The quantitative estimate of drug-likeness (QED) is 0.787. The molecule has 5 nitrogen and oxygen atoms in total. The Morgan fingerprint density at radius 1 is 1.22 bits per heavy atom. The summed E-state index contributed by atoms with van der Waals surface area (Å²) in [6.07, 6.45) is 0. The van der Waals surface area contributed by atoms with E-state index in [1.165, 1.54) is 0 Å². The average Bonchev–Trinajstić information content (AvgIpc) is 2.26. The van der Waals surface area contributed by atoms with E-state index in [1.54, 1.807) is 0 Å². The molecule has 0 spiro atoms. The van der Waals surface area contributed by atoms with Crippen molar-refractivity contribution < 1.29 is 9.47 Å². The molecule has 5 heteroatoms. The molecular weight excluding hydrogens is 230 g/mol. The average molecular weight is 253 g/mol. The van der Waals surface area contributed by atoms with Crippen molar-refractivity contribution in [2.24, 2.45) is 0 Å². The second-order valence-electron chi connectivity index (χ2n) is 5.07. The first kappa shape index (κ1) is 14.9. The molecule has 1 aromatic heterocycles. The fourth-order valence-electron chi connectivity index (χ4n) is 1.39. The molecule has 1 aromatic rings. The van der Waals surface area contributed by atoms with E-state index in [2.05, 4.69) is 15.3 Å². The normalized spacial score (nSPS) is 11.6. The molecular formula is C13H23N3O2. The van der Waals surface area contributed by atoms with Crippen molar-refractivity contribution in [2.75, 3.05) is 25.6 Å². The van der Waals surface area contributed by atoms with Crippen molar-refractivity contribution in [1.29, 1.82) is 0 Å². The van der Waals surface area contributed by atoms with Gasteiger partial charge in [-0.25, -0.2) is 9.97 Å². The molecule has 18 heavy (non-hydrogen) atoms. The second kappa shape index (κ2) is 6.66. The standard InChI is InChI=1S/C13H23N3O2/c1-10-8-11(14-5)16-12(15-10)9-17-6-7-18-13(2,3)4/h8H,6-7,9H2,1-5H3,(H,14,15,16). The Morgan fingerprint density at radius 2 is 1.94 bits per heavy atom. The van der Waals surface area contributed by atoms with Crippen molar-refractivity contribution in [3.8, 4) is 0 Å². The first-order chi connectivity index (χ1) is 8.40. The van der Waals surface area contributed by atoms with Gasteiger partial charge in [-0.05, 0) is 27.7 Å². The lowest BCUT2D eigenvalue weighted by Gasteiger charge is -2.19. The zero-order valence-electron chi connectivity index (χ0n) is 11.9. The number of aromatic nitrogens is 2. The minimum absolute atomic E-state index is 0.123. The monoisotopic (exact) mass is 253 g/mol. The van der Waals surface area contributed by atoms with Gasteiger partial charge in [0.05, 0.1) is 18.8 Å². The van der Waals surface area contributed by atoms with Crippen LogP contribution in [0, 0.1) is 6.92 Å². The maximum absolute atomic E-state index is 5.56. The second-order valence-corrected chi connectivity index (χ2v) is 5.07. The molecule has 0 saturated heterocycles. The van der Waals surface area contributed by atoms with Crippen LogP contribution in [0.4, 0.5) is 5.82 Å². The number of hydrogen-bond acceptors (Lipinski definition) is 5. The molecule has 102 valence electrons. The molecule has 0 fully saturated rings. The van der Waals surface area contributed by atoms with Crippen molar-refractivity contribution in [3.05, 3.63) is 17.6 Å². The van der Waals surface area contributed by atoms with Crippen molar-refractivity contribution in [3.63, 3.8) is 0 Å². The van der Waals surface area contributed by atoms with E-state index >= 15 is 0 Å². The molecule has 1 rings (SSSR count). The maximum Gasteiger partial charge on any atom is 0.156 e. The molecule has 0 aliphatic heterocycles. The summed E-state index contributed by atoms with van der Waals surface area (Å²) in [7, 11) is 1.84. The molecule has 1 heterocycles. The zero-order valence-corrected chi connectivity index (χ0v) is 11.9. The highest BCUT2D eigenvalue weighted by atomic mass is 16.5. The predicted molar refractivity (Wildman–Crippen MR) is 71.7 cm³/mol. The summed E-state index contributed by atoms with van der Waals surface area (Å²) in [5, 5.41) is 3.00. The number of hydrogen-bond donors (Lipinski definition) is 1. The molecule has 0 amide bonds. The van der Waals surface area contributed by atoms with Crippen LogP contribution < -0.4 is 5.32 Å². The van der Waals surface area contributed by atoms with Gasteiger partial charge < -0.3 is 14.8 Å². The van der Waals surface area contributed by atoms with Gasteiger partial charge in [0.1, 0.15) is 12.4 Å². The highest BCUT2D eigenvalue weighted by Gasteiger charge is 2.09. The Morgan fingerprint density at radius 3 is 2.56 bits per heavy atom. The molecule has 0 radical (unpaired) electrons. The van der Waals surface area contributed by atoms with E-state index in [0.717, 1.165) is 11.5 Å². The number of nitrogens with one attached hydrogen (secondary N) is 1. The van der Waals surface area contributed by atoms with E-state index < -0.39 is 0 Å². The van der Waals surface area contributed by atoms with Crippen LogP contribution in [-0.2, 0) is 16.1 Å². The number of anilines is 1. The summed E-state index contributed by atoms with van der Waals surface area (Å²) < 4.78 is 11.0. The third-order valence-corrected chi connectivity index (χ3v) is 2.15. The van der Waals surface area contributed by atoms with Crippen LogP contribution in [0.3, 0.4) is 0 Å². The van der Waals surface area contributed by atoms with Gasteiger partial charge >= 0.3 is 0 Å². The van der Waals surface area contributed by atoms with E-state index in [-0.39, 0.29) is 5.60 Å². The van der Waals surface area contributed by atoms with Crippen LogP contribution in [0.25, 0.3) is 0 Å². The Kier molecular flexibility index (Phi) is 5.50. The van der Waals surface area contributed by atoms with E-state index in [9.17, 15) is 0 Å². The third kappa shape index (κ3) is 5.93.